The van der Waals surface area contributed by atoms with Gasteiger partial charge in [-0.05, 0) is 31.7 Å². The summed E-state index contributed by atoms with van der Waals surface area (Å²) in [6.07, 6.45) is 2.99. The largest absolute Gasteiger partial charge is 0.481 e. The lowest BCUT2D eigenvalue weighted by molar-refractivity contribution is -0.137. The summed E-state index contributed by atoms with van der Waals surface area (Å²) < 4.78 is 4.17. The van der Waals surface area contributed by atoms with Crippen LogP contribution in [0.1, 0.15) is 31.7 Å². The van der Waals surface area contributed by atoms with Crippen LogP contribution in [0.4, 0.5) is 4.79 Å². The van der Waals surface area contributed by atoms with Crippen molar-refractivity contribution in [2.75, 3.05) is 6.61 Å². The molecule has 1 aromatic carbocycles. The predicted octanol–water partition coefficient (Wildman–Crippen LogP) is 3.87. The Kier molecular flexibility index (Phi) is 10.6. The van der Waals surface area contributed by atoms with E-state index in [1.54, 1.807) is 6.92 Å². The normalized spacial score (nSPS) is 9.16. The lowest BCUT2D eigenvalue weighted by Crippen LogP contribution is -1.94. The second kappa shape index (κ2) is 11.5. The van der Waals surface area contributed by atoms with Crippen LogP contribution in [0.5, 0.6) is 0 Å². The molecule has 106 valence electrons. The monoisotopic (exact) mass is 286 g/mol. The number of hydrogen-bond donors (Lipinski definition) is 1. The van der Waals surface area contributed by atoms with E-state index in [1.165, 1.54) is 5.56 Å². The smallest absolute Gasteiger partial charge is 0.403 e. The summed E-state index contributed by atoms with van der Waals surface area (Å²) in [6, 6.07) is 10.1. The number of aryl methyl sites for hydroxylation is 1. The van der Waals surface area contributed by atoms with Gasteiger partial charge in [-0.15, -0.1) is 0 Å². The molecule has 0 unspecified atom stereocenters. The number of rotatable bonds is 6. The molecule has 0 bridgehead atoms. The number of benzene rings is 1. The number of carboxylic acids is 1. The second-order valence-electron chi connectivity index (χ2n) is 3.76. The first-order chi connectivity index (χ1) is 9.06. The van der Waals surface area contributed by atoms with Crippen molar-refractivity contribution in [3.63, 3.8) is 0 Å². The summed E-state index contributed by atoms with van der Waals surface area (Å²) in [5.41, 5.74) is 0.547. The third kappa shape index (κ3) is 12.7. The molecule has 0 heterocycles. The summed E-state index contributed by atoms with van der Waals surface area (Å²) >= 11 is 4.72. The van der Waals surface area contributed by atoms with Gasteiger partial charge in [0.25, 0.3) is 0 Å². The van der Waals surface area contributed by atoms with Crippen molar-refractivity contribution in [3.05, 3.63) is 35.9 Å². The minimum atomic E-state index is -0.738. The zero-order chi connectivity index (χ0) is 14.5. The lowest BCUT2D eigenvalue weighted by Gasteiger charge is -1.98. The number of carbonyl (C=O) groups is 2. The Bertz CT molecular complexity index is 365. The summed E-state index contributed by atoms with van der Waals surface area (Å²) in [4.78, 5) is 19.8. The van der Waals surface area contributed by atoms with Crippen LogP contribution >= 0.6 is 11.6 Å². The van der Waals surface area contributed by atoms with Crippen LogP contribution in [-0.4, -0.2) is 23.1 Å². The molecule has 0 aliphatic rings. The Balaban J connectivity index is 0.000000459. The molecule has 0 fully saturated rings. The Morgan fingerprint density at radius 3 is 2.26 bits per heavy atom. The zero-order valence-corrected chi connectivity index (χ0v) is 11.7. The summed E-state index contributed by atoms with van der Waals surface area (Å²) in [5.74, 6) is -0.701. The van der Waals surface area contributed by atoms with Crippen molar-refractivity contribution >= 4 is 23.0 Å². The molecule has 0 aromatic heterocycles. The molecule has 0 radical (unpaired) electrons. The number of unbranched alkanes of at least 4 members (excludes halogenated alkanes) is 1. The minimum absolute atomic E-state index is 0.285. The third-order valence-corrected chi connectivity index (χ3v) is 2.32. The van der Waals surface area contributed by atoms with Gasteiger partial charge < -0.3 is 9.84 Å². The van der Waals surface area contributed by atoms with Crippen LogP contribution in [0, 0.1) is 0 Å². The molecule has 1 aromatic rings. The molecule has 0 aliphatic heterocycles. The van der Waals surface area contributed by atoms with Crippen LogP contribution in [0.3, 0.4) is 0 Å². The van der Waals surface area contributed by atoms with Crippen molar-refractivity contribution < 1.29 is 19.4 Å². The predicted molar refractivity (Wildman–Crippen MR) is 74.5 cm³/mol. The van der Waals surface area contributed by atoms with Gasteiger partial charge in [0.05, 0.1) is 6.61 Å². The van der Waals surface area contributed by atoms with E-state index < -0.39 is 11.4 Å². The van der Waals surface area contributed by atoms with Gasteiger partial charge in [0.2, 0.25) is 0 Å². The molecule has 5 heteroatoms. The molecular weight excluding hydrogens is 268 g/mol. The minimum Gasteiger partial charge on any atom is -0.481 e. The third-order valence-electron chi connectivity index (χ3n) is 2.21. The molecule has 1 rings (SSSR count). The summed E-state index contributed by atoms with van der Waals surface area (Å²) in [6.45, 7) is 2.04. The van der Waals surface area contributed by atoms with E-state index in [0.717, 1.165) is 19.3 Å². The van der Waals surface area contributed by atoms with E-state index in [9.17, 15) is 9.59 Å². The average Bonchev–Trinajstić information content (AvgIpc) is 2.36. The molecule has 0 saturated heterocycles. The van der Waals surface area contributed by atoms with Crippen LogP contribution in [0.2, 0.25) is 0 Å². The standard InChI is InChI=1S/C11H14O2.C3H5ClO2/c12-11(13)9-5-4-8-10-6-2-1-3-7-10;1-2-6-3(4)5/h1-3,6-7H,4-5,8-9H2,(H,12,13);2H2,1H3. The van der Waals surface area contributed by atoms with E-state index in [2.05, 4.69) is 16.9 Å². The highest BCUT2D eigenvalue weighted by Crippen LogP contribution is 2.05. The number of hydrogen-bond acceptors (Lipinski definition) is 3. The average molecular weight is 287 g/mol. The fourth-order valence-electron chi connectivity index (χ4n) is 1.36. The second-order valence-corrected chi connectivity index (χ2v) is 4.07. The fourth-order valence-corrected chi connectivity index (χ4v) is 1.47. The van der Waals surface area contributed by atoms with Crippen molar-refractivity contribution in [2.45, 2.75) is 32.6 Å². The van der Waals surface area contributed by atoms with Gasteiger partial charge in [-0.1, -0.05) is 30.3 Å². The quantitative estimate of drug-likeness (QED) is 0.637. The van der Waals surface area contributed by atoms with Crippen LogP contribution < -0.4 is 0 Å². The maximum atomic E-state index is 10.2. The van der Waals surface area contributed by atoms with Crippen molar-refractivity contribution in [1.29, 1.82) is 0 Å². The lowest BCUT2D eigenvalue weighted by atomic mass is 10.1. The number of carboxylic acid groups (broad SMARTS) is 1. The number of aliphatic carboxylic acids is 1. The highest BCUT2D eigenvalue weighted by molar-refractivity contribution is 6.61. The van der Waals surface area contributed by atoms with Crippen molar-refractivity contribution in [3.8, 4) is 0 Å². The van der Waals surface area contributed by atoms with E-state index in [4.69, 9.17) is 16.7 Å². The summed E-state index contributed by atoms with van der Waals surface area (Å²) in [7, 11) is 0. The van der Waals surface area contributed by atoms with Gasteiger partial charge in [-0.2, -0.15) is 0 Å². The van der Waals surface area contributed by atoms with Crippen molar-refractivity contribution in [2.24, 2.45) is 0 Å². The van der Waals surface area contributed by atoms with Gasteiger partial charge in [0.1, 0.15) is 0 Å². The maximum Gasteiger partial charge on any atom is 0.403 e. The summed E-state index contributed by atoms with van der Waals surface area (Å²) in [5, 5.41) is 8.41. The molecule has 1 N–H and O–H groups in total. The van der Waals surface area contributed by atoms with E-state index in [0.29, 0.717) is 6.61 Å². The van der Waals surface area contributed by atoms with Gasteiger partial charge in [-0.25, -0.2) is 4.79 Å². The van der Waals surface area contributed by atoms with Gasteiger partial charge in [-0.3, -0.25) is 4.79 Å². The zero-order valence-electron chi connectivity index (χ0n) is 11.0. The Morgan fingerprint density at radius 2 is 1.84 bits per heavy atom. The number of halogens is 1. The molecule has 4 nitrogen and oxygen atoms in total. The van der Waals surface area contributed by atoms with E-state index in [1.807, 2.05) is 18.2 Å². The molecule has 19 heavy (non-hydrogen) atoms. The molecular formula is C14H19ClO4. The van der Waals surface area contributed by atoms with Crippen LogP contribution in [0.15, 0.2) is 30.3 Å². The topological polar surface area (TPSA) is 63.6 Å². The molecule has 0 atom stereocenters. The first-order valence-electron chi connectivity index (χ1n) is 6.14. The highest BCUT2D eigenvalue weighted by Gasteiger charge is 1.96. The molecule has 0 saturated carbocycles. The molecule has 0 aliphatic carbocycles. The highest BCUT2D eigenvalue weighted by atomic mass is 35.5. The fraction of sp³-hybridized carbons (Fsp3) is 0.429. The molecule has 0 amide bonds. The Labute approximate surface area is 118 Å². The number of carbonyl (C=O) groups excluding carboxylic acids is 1. The van der Waals surface area contributed by atoms with Gasteiger partial charge in [0, 0.05) is 18.0 Å². The Hall–Kier alpha value is -1.55. The first kappa shape index (κ1) is 17.4. The van der Waals surface area contributed by atoms with E-state index >= 15 is 0 Å². The van der Waals surface area contributed by atoms with E-state index in [-0.39, 0.29) is 6.42 Å². The first-order valence-corrected chi connectivity index (χ1v) is 6.52. The van der Waals surface area contributed by atoms with Gasteiger partial charge in [0.15, 0.2) is 0 Å². The Morgan fingerprint density at radius 1 is 1.21 bits per heavy atom. The van der Waals surface area contributed by atoms with Crippen molar-refractivity contribution in [1.82, 2.24) is 0 Å². The number of ether oxygens (including phenoxy) is 1. The SMILES string of the molecule is CCOC(=O)Cl.O=C(O)CCCCc1ccccc1. The van der Waals surface area contributed by atoms with Crippen LogP contribution in [0.25, 0.3) is 0 Å². The van der Waals surface area contributed by atoms with Crippen LogP contribution in [-0.2, 0) is 16.0 Å². The maximum absolute atomic E-state index is 10.2. The molecule has 0 spiro atoms. The van der Waals surface area contributed by atoms with Gasteiger partial charge >= 0.3 is 11.4 Å².